The van der Waals surface area contributed by atoms with E-state index in [9.17, 15) is 13.6 Å². The van der Waals surface area contributed by atoms with Gasteiger partial charge in [0.25, 0.3) is 0 Å². The number of aromatic nitrogens is 5. The Bertz CT molecular complexity index is 1460. The third-order valence-corrected chi connectivity index (χ3v) is 6.26. The first-order valence-electron chi connectivity index (χ1n) is 12.7. The van der Waals surface area contributed by atoms with Gasteiger partial charge in [-0.15, -0.1) is 0 Å². The van der Waals surface area contributed by atoms with Crippen LogP contribution in [-0.4, -0.2) is 66.7 Å². The van der Waals surface area contributed by atoms with Crippen LogP contribution in [0.4, 0.5) is 20.5 Å². The summed E-state index contributed by atoms with van der Waals surface area (Å²) < 4.78 is 31.6. The van der Waals surface area contributed by atoms with Gasteiger partial charge in [0.15, 0.2) is 11.6 Å². The molecule has 0 aliphatic carbocycles. The molecule has 10 nitrogen and oxygen atoms in total. The van der Waals surface area contributed by atoms with Gasteiger partial charge >= 0.3 is 5.97 Å². The monoisotopic (exact) mass is 538 g/mol. The number of aryl methyl sites for hydroxylation is 1. The van der Waals surface area contributed by atoms with Crippen LogP contribution in [0.5, 0.6) is 0 Å². The zero-order valence-electron chi connectivity index (χ0n) is 22.4. The highest BCUT2D eigenvalue weighted by atomic mass is 19.1. The van der Waals surface area contributed by atoms with Crippen molar-refractivity contribution in [3.8, 4) is 11.3 Å². The number of carboxylic acids is 1. The summed E-state index contributed by atoms with van der Waals surface area (Å²) in [4.78, 5) is 29.7. The van der Waals surface area contributed by atoms with Crippen molar-refractivity contribution in [1.82, 2.24) is 34.7 Å². The highest BCUT2D eigenvalue weighted by Gasteiger charge is 2.18. The molecule has 0 aliphatic rings. The predicted molar refractivity (Wildman–Crippen MR) is 145 cm³/mol. The maximum Gasteiger partial charge on any atom is 0.317 e. The van der Waals surface area contributed by atoms with Gasteiger partial charge in [-0.3, -0.25) is 9.69 Å². The maximum atomic E-state index is 14.9. The number of pyridine rings is 1. The molecule has 0 unspecified atom stereocenters. The lowest BCUT2D eigenvalue weighted by atomic mass is 10.1. The number of rotatable bonds is 12. The number of halogens is 2. The second-order valence-electron chi connectivity index (χ2n) is 9.45. The van der Waals surface area contributed by atoms with Crippen molar-refractivity contribution >= 4 is 28.8 Å². The molecule has 3 N–H and O–H groups in total. The third kappa shape index (κ3) is 6.70. The number of likely N-dealkylation sites (N-methyl/N-ethyl adjacent to an activating group) is 1. The Kier molecular flexibility index (Phi) is 8.77. The van der Waals surface area contributed by atoms with Gasteiger partial charge in [-0.05, 0) is 51.1 Å². The van der Waals surface area contributed by atoms with Gasteiger partial charge in [-0.25, -0.2) is 28.7 Å². The van der Waals surface area contributed by atoms with Crippen molar-refractivity contribution in [1.29, 1.82) is 0 Å². The molecule has 0 fully saturated rings. The second kappa shape index (κ2) is 12.2. The number of nitrogens with zero attached hydrogens (tertiary/aromatic N) is 6. The number of nitrogens with one attached hydrogen (secondary N) is 2. The number of carboxylic acid groups (broad SMARTS) is 1. The molecule has 4 aromatic rings. The molecule has 4 rings (SSSR count). The van der Waals surface area contributed by atoms with Gasteiger partial charge in [-0.1, -0.05) is 13.0 Å². The van der Waals surface area contributed by atoms with Gasteiger partial charge in [0, 0.05) is 37.4 Å². The Labute approximate surface area is 225 Å². The summed E-state index contributed by atoms with van der Waals surface area (Å²) in [5.41, 5.74) is 1.99. The van der Waals surface area contributed by atoms with Crippen LogP contribution in [0.25, 0.3) is 22.3 Å². The van der Waals surface area contributed by atoms with E-state index in [1.807, 2.05) is 43.2 Å². The van der Waals surface area contributed by atoms with E-state index in [4.69, 9.17) is 5.11 Å². The van der Waals surface area contributed by atoms with Crippen molar-refractivity contribution < 1.29 is 18.7 Å². The molecule has 12 heteroatoms. The average molecular weight is 539 g/mol. The van der Waals surface area contributed by atoms with Crippen LogP contribution >= 0.6 is 0 Å². The summed E-state index contributed by atoms with van der Waals surface area (Å²) in [6.45, 7) is 10.2. The highest BCUT2D eigenvalue weighted by molar-refractivity contribution is 5.83. The molecule has 0 amide bonds. The molecule has 0 saturated heterocycles. The van der Waals surface area contributed by atoms with Crippen LogP contribution in [-0.2, 0) is 11.3 Å². The second-order valence-corrected chi connectivity index (χ2v) is 9.45. The molecule has 3 aromatic heterocycles. The van der Waals surface area contributed by atoms with Gasteiger partial charge < -0.3 is 20.3 Å². The molecule has 39 heavy (non-hydrogen) atoms. The fourth-order valence-corrected chi connectivity index (χ4v) is 4.41. The Balaban J connectivity index is 1.45. The van der Waals surface area contributed by atoms with Crippen LogP contribution in [0, 0.1) is 18.6 Å². The highest BCUT2D eigenvalue weighted by Crippen LogP contribution is 2.30. The lowest BCUT2D eigenvalue weighted by molar-refractivity contribution is -0.138. The first-order chi connectivity index (χ1) is 18.7. The Morgan fingerprint density at radius 1 is 1.13 bits per heavy atom. The van der Waals surface area contributed by atoms with E-state index in [1.165, 1.54) is 6.07 Å². The van der Waals surface area contributed by atoms with Crippen LogP contribution < -0.4 is 10.6 Å². The first kappa shape index (κ1) is 28.0. The van der Waals surface area contributed by atoms with Gasteiger partial charge in [0.1, 0.15) is 22.9 Å². The quantitative estimate of drug-likeness (QED) is 0.227. The van der Waals surface area contributed by atoms with E-state index < -0.39 is 17.6 Å². The Morgan fingerprint density at radius 3 is 2.59 bits per heavy atom. The first-order valence-corrected chi connectivity index (χ1v) is 12.7. The van der Waals surface area contributed by atoms with E-state index in [-0.39, 0.29) is 35.3 Å². The predicted octanol–water partition coefficient (Wildman–Crippen LogP) is 4.30. The number of carbonyl (C=O) groups is 1. The van der Waals surface area contributed by atoms with Crippen molar-refractivity contribution in [2.75, 3.05) is 31.5 Å². The van der Waals surface area contributed by atoms with Gasteiger partial charge in [0.05, 0.1) is 18.3 Å². The van der Waals surface area contributed by atoms with E-state index in [1.54, 1.807) is 18.3 Å². The largest absolute Gasteiger partial charge is 0.480 e. The summed E-state index contributed by atoms with van der Waals surface area (Å²) in [5, 5.41) is 15.2. The lowest BCUT2D eigenvalue weighted by Gasteiger charge is -2.18. The average Bonchev–Trinajstić information content (AvgIpc) is 3.24. The van der Waals surface area contributed by atoms with Crippen LogP contribution in [0.3, 0.4) is 0 Å². The number of hydrogen-bond acceptors (Lipinski definition) is 8. The number of aliphatic carboxylic acids is 1. The molecule has 0 spiro atoms. The van der Waals surface area contributed by atoms with Crippen molar-refractivity contribution in [2.24, 2.45) is 0 Å². The number of hydrogen-bond donors (Lipinski definition) is 3. The number of anilines is 2. The van der Waals surface area contributed by atoms with Gasteiger partial charge in [0.2, 0.25) is 5.95 Å². The van der Waals surface area contributed by atoms with Crippen LogP contribution in [0.1, 0.15) is 38.2 Å². The topological polar surface area (TPSA) is 121 Å². The third-order valence-electron chi connectivity index (χ3n) is 6.26. The minimum absolute atomic E-state index is 0.0131. The molecule has 0 atom stereocenters. The minimum atomic E-state index is -0.844. The Hall–Kier alpha value is -4.03. The summed E-state index contributed by atoms with van der Waals surface area (Å²) >= 11 is 0. The normalized spacial score (nSPS) is 11.6. The summed E-state index contributed by atoms with van der Waals surface area (Å²) in [6.07, 6.45) is 2.73. The van der Waals surface area contributed by atoms with E-state index in [2.05, 4.69) is 30.6 Å². The number of benzene rings is 1. The molecule has 3 heterocycles. The number of imidazole rings is 1. The maximum absolute atomic E-state index is 14.9. The lowest BCUT2D eigenvalue weighted by Crippen LogP contribution is -2.35. The Morgan fingerprint density at radius 2 is 1.92 bits per heavy atom. The fourth-order valence-electron chi connectivity index (χ4n) is 4.41. The molecular weight excluding hydrogens is 506 g/mol. The smallest absolute Gasteiger partial charge is 0.317 e. The van der Waals surface area contributed by atoms with Gasteiger partial charge in [-0.2, -0.15) is 0 Å². The van der Waals surface area contributed by atoms with Crippen LogP contribution in [0.15, 0.2) is 36.7 Å². The molecule has 1 aromatic carbocycles. The fraction of sp³-hybridized carbons (Fsp3) is 0.370. The zero-order valence-corrected chi connectivity index (χ0v) is 22.4. The summed E-state index contributed by atoms with van der Waals surface area (Å²) in [5.74, 6) is -0.809. The zero-order chi connectivity index (χ0) is 28.1. The molecule has 0 aliphatic heterocycles. The molecule has 0 saturated carbocycles. The molecule has 206 valence electrons. The molecule has 0 bridgehead atoms. The molecule has 0 radical (unpaired) electrons. The minimum Gasteiger partial charge on any atom is -0.480 e. The SMILES string of the molecule is CCN(CCNCc1ccc(Nc2ncc(F)c(-c3cc(F)c4nc(C)n(C(C)C)c4c3)n2)nc1)CC(=O)O. The van der Waals surface area contributed by atoms with E-state index in [0.29, 0.717) is 43.3 Å². The summed E-state index contributed by atoms with van der Waals surface area (Å²) in [7, 11) is 0. The van der Waals surface area contributed by atoms with E-state index >= 15 is 0 Å². The van der Waals surface area contributed by atoms with Crippen molar-refractivity contribution in [2.45, 2.75) is 40.3 Å². The van der Waals surface area contributed by atoms with Crippen molar-refractivity contribution in [3.63, 3.8) is 0 Å². The summed E-state index contributed by atoms with van der Waals surface area (Å²) in [6, 6.07) is 6.59. The molecular formula is C27H32F2N8O2. The van der Waals surface area contributed by atoms with Crippen molar-refractivity contribution in [3.05, 3.63) is 59.7 Å². The van der Waals surface area contributed by atoms with Crippen LogP contribution in [0.2, 0.25) is 0 Å². The number of fused-ring (bicyclic) bond motifs is 1. The standard InChI is InChI=1S/C27H32F2N8O2/c1-5-36(15-24(38)39)9-8-30-12-18-6-7-23(31-13-18)34-27-32-14-21(29)25(35-27)19-10-20(28)26-22(11-19)37(16(2)3)17(4)33-26/h6-7,10-11,13-14,16,30H,5,8-9,12,15H2,1-4H3,(H,38,39)(H,31,32,34,35). The van der Waals surface area contributed by atoms with E-state index in [0.717, 1.165) is 11.8 Å².